The van der Waals surface area contributed by atoms with Gasteiger partial charge in [-0.3, -0.25) is 29.3 Å². The number of nitrogens with zero attached hydrogens (tertiary/aromatic N) is 5. The summed E-state index contributed by atoms with van der Waals surface area (Å²) >= 11 is 3.52. The van der Waals surface area contributed by atoms with E-state index in [1.807, 2.05) is 42.3 Å². The van der Waals surface area contributed by atoms with E-state index in [1.165, 1.54) is 5.56 Å². The van der Waals surface area contributed by atoms with Crippen LogP contribution in [0.25, 0.3) is 0 Å². The number of likely N-dealkylation sites (N-methyl/N-ethyl adjacent to an activating group) is 2. The van der Waals surface area contributed by atoms with E-state index in [1.54, 1.807) is 22.7 Å². The van der Waals surface area contributed by atoms with Crippen molar-refractivity contribution in [2.45, 2.75) is 62.6 Å². The topological polar surface area (TPSA) is 115 Å². The number of pyridine rings is 1. The molecular formula is C38H43BrN6O5. The van der Waals surface area contributed by atoms with Crippen molar-refractivity contribution in [1.29, 1.82) is 0 Å². The number of anilines is 1. The molecule has 3 saturated heterocycles. The molecule has 12 heteroatoms. The molecule has 1 aromatic heterocycles. The van der Waals surface area contributed by atoms with Gasteiger partial charge in [0.2, 0.25) is 11.8 Å². The number of likely N-dealkylation sites (tertiary alicyclic amines) is 2. The zero-order chi connectivity index (χ0) is 35.3. The van der Waals surface area contributed by atoms with Crippen LogP contribution < -0.4 is 15.8 Å². The van der Waals surface area contributed by atoms with Gasteiger partial charge in [-0.2, -0.15) is 0 Å². The summed E-state index contributed by atoms with van der Waals surface area (Å²) in [4.78, 5) is 71.3. The number of hydrogen-bond donors (Lipinski definition) is 1. The maximum Gasteiger partial charge on any atom is 0.266 e. The minimum Gasteiger partial charge on any atom is -0.369 e. The molecule has 262 valence electrons. The summed E-state index contributed by atoms with van der Waals surface area (Å²) in [5.41, 5.74) is 5.42. The highest BCUT2D eigenvalue weighted by atomic mass is 79.9. The minimum atomic E-state index is -0.623. The Morgan fingerprint density at radius 3 is 2.34 bits per heavy atom. The number of piperidine rings is 3. The van der Waals surface area contributed by atoms with Crippen LogP contribution in [0, 0.1) is 0 Å². The van der Waals surface area contributed by atoms with Crippen LogP contribution in [0.1, 0.15) is 81.3 Å². The van der Waals surface area contributed by atoms with Crippen molar-refractivity contribution >= 4 is 45.2 Å². The van der Waals surface area contributed by atoms with Gasteiger partial charge in [0, 0.05) is 76.6 Å². The molecule has 3 aromatic rings. The molecule has 11 nitrogen and oxygen atoms in total. The third-order valence-corrected chi connectivity index (χ3v) is 11.9. The van der Waals surface area contributed by atoms with Crippen molar-refractivity contribution in [2.24, 2.45) is 7.05 Å². The zero-order valence-corrected chi connectivity index (χ0v) is 30.3. The SMILES string of the molecule is CN1CC(c2ccc(C(=O)N3CCC(c4ccc5c(c4)CN(C4CCC(=O)NC4=O)C5=O)CC3)cc2)CC(N(C)c2ccn(C)c(=O)c2Br)C1. The first-order valence-corrected chi connectivity index (χ1v) is 18.2. The van der Waals surface area contributed by atoms with Gasteiger partial charge in [-0.25, -0.2) is 0 Å². The first-order chi connectivity index (χ1) is 24.0. The van der Waals surface area contributed by atoms with Crippen molar-refractivity contribution in [2.75, 3.05) is 45.2 Å². The summed E-state index contributed by atoms with van der Waals surface area (Å²) in [6.07, 6.45) is 4.99. The normalized spacial score (nSPS) is 23.2. The van der Waals surface area contributed by atoms with E-state index in [9.17, 15) is 24.0 Å². The molecule has 4 amide bonds. The number of benzene rings is 2. The van der Waals surface area contributed by atoms with Crippen LogP contribution in [0.5, 0.6) is 0 Å². The van der Waals surface area contributed by atoms with Gasteiger partial charge in [-0.05, 0) is 101 Å². The average Bonchev–Trinajstić information content (AvgIpc) is 3.44. The van der Waals surface area contributed by atoms with Crippen molar-refractivity contribution in [3.8, 4) is 0 Å². The van der Waals surface area contributed by atoms with E-state index >= 15 is 0 Å². The Balaban J connectivity index is 0.956. The Kier molecular flexibility index (Phi) is 9.42. The number of aryl methyl sites for hydroxylation is 1. The van der Waals surface area contributed by atoms with Crippen LogP contribution in [-0.2, 0) is 23.2 Å². The van der Waals surface area contributed by atoms with Crippen LogP contribution >= 0.6 is 15.9 Å². The highest BCUT2D eigenvalue weighted by molar-refractivity contribution is 9.10. The van der Waals surface area contributed by atoms with E-state index in [0.717, 1.165) is 49.2 Å². The summed E-state index contributed by atoms with van der Waals surface area (Å²) < 4.78 is 2.14. The lowest BCUT2D eigenvalue weighted by atomic mass is 9.86. The smallest absolute Gasteiger partial charge is 0.266 e. The summed E-state index contributed by atoms with van der Waals surface area (Å²) in [6, 6.07) is 15.7. The molecule has 4 aliphatic heterocycles. The Labute approximate surface area is 300 Å². The van der Waals surface area contributed by atoms with Crippen LogP contribution in [0.2, 0.25) is 0 Å². The van der Waals surface area contributed by atoms with Gasteiger partial charge in [0.1, 0.15) is 10.5 Å². The van der Waals surface area contributed by atoms with Crippen LogP contribution in [-0.4, -0.2) is 95.3 Å². The van der Waals surface area contributed by atoms with Crippen molar-refractivity contribution < 1.29 is 19.2 Å². The molecule has 3 fully saturated rings. The molecule has 0 saturated carbocycles. The van der Waals surface area contributed by atoms with Crippen molar-refractivity contribution in [3.05, 3.63) is 97.4 Å². The highest BCUT2D eigenvalue weighted by Crippen LogP contribution is 2.35. The summed E-state index contributed by atoms with van der Waals surface area (Å²) in [5.74, 6) is -0.240. The predicted molar refractivity (Wildman–Crippen MR) is 193 cm³/mol. The molecule has 3 atom stereocenters. The van der Waals surface area contributed by atoms with Gasteiger partial charge in [-0.15, -0.1) is 0 Å². The van der Waals surface area contributed by atoms with E-state index in [-0.39, 0.29) is 41.7 Å². The number of hydrogen-bond acceptors (Lipinski definition) is 7. The average molecular weight is 744 g/mol. The second-order valence-electron chi connectivity index (χ2n) is 14.4. The van der Waals surface area contributed by atoms with Gasteiger partial charge in [0.05, 0.1) is 5.69 Å². The number of imide groups is 1. The molecule has 3 unspecified atom stereocenters. The molecular weight excluding hydrogens is 700 g/mol. The number of carbonyl (C=O) groups is 4. The number of fused-ring (bicyclic) bond motifs is 1. The Bertz CT molecular complexity index is 1900. The van der Waals surface area contributed by atoms with E-state index < -0.39 is 11.9 Å². The first-order valence-electron chi connectivity index (χ1n) is 17.4. The molecule has 0 bridgehead atoms. The summed E-state index contributed by atoms with van der Waals surface area (Å²) in [6.45, 7) is 3.49. The van der Waals surface area contributed by atoms with Gasteiger partial charge >= 0.3 is 0 Å². The van der Waals surface area contributed by atoms with Gasteiger partial charge in [-0.1, -0.05) is 24.3 Å². The predicted octanol–water partition coefficient (Wildman–Crippen LogP) is 3.85. The maximum atomic E-state index is 13.6. The molecule has 50 heavy (non-hydrogen) atoms. The number of halogens is 1. The molecule has 0 spiro atoms. The Morgan fingerprint density at radius 1 is 0.900 bits per heavy atom. The maximum absolute atomic E-state index is 13.6. The zero-order valence-electron chi connectivity index (χ0n) is 28.7. The second kappa shape index (κ2) is 13.8. The van der Waals surface area contributed by atoms with Crippen molar-refractivity contribution in [3.63, 3.8) is 0 Å². The lowest BCUT2D eigenvalue weighted by molar-refractivity contribution is -0.136. The molecule has 5 heterocycles. The number of nitrogens with one attached hydrogen (secondary N) is 1. The first kappa shape index (κ1) is 34.2. The number of carbonyl (C=O) groups excluding carboxylic acids is 4. The third kappa shape index (κ3) is 6.51. The second-order valence-corrected chi connectivity index (χ2v) is 15.1. The lowest BCUT2D eigenvalue weighted by Gasteiger charge is -2.41. The monoisotopic (exact) mass is 742 g/mol. The van der Waals surface area contributed by atoms with Crippen LogP contribution in [0.3, 0.4) is 0 Å². The fraction of sp³-hybridized carbons (Fsp3) is 0.447. The van der Waals surface area contributed by atoms with Gasteiger partial charge in [0.25, 0.3) is 17.4 Å². The van der Waals surface area contributed by atoms with Crippen molar-refractivity contribution in [1.82, 2.24) is 24.6 Å². The van der Waals surface area contributed by atoms with E-state index in [2.05, 4.69) is 56.3 Å². The molecule has 2 aromatic carbocycles. The number of rotatable bonds is 6. The summed E-state index contributed by atoms with van der Waals surface area (Å²) in [5, 5.41) is 2.36. The highest BCUT2D eigenvalue weighted by Gasteiger charge is 2.39. The Hall–Kier alpha value is -4.29. The van der Waals surface area contributed by atoms with Gasteiger partial charge in [0.15, 0.2) is 0 Å². The number of amides is 4. The Morgan fingerprint density at radius 2 is 1.62 bits per heavy atom. The third-order valence-electron chi connectivity index (χ3n) is 11.2. The molecule has 0 aliphatic carbocycles. The van der Waals surface area contributed by atoms with Gasteiger partial charge < -0.3 is 24.2 Å². The molecule has 0 radical (unpaired) electrons. The fourth-order valence-corrected chi connectivity index (χ4v) is 8.90. The summed E-state index contributed by atoms with van der Waals surface area (Å²) in [7, 11) is 5.93. The van der Waals surface area contributed by atoms with E-state index in [0.29, 0.717) is 47.6 Å². The molecule has 1 N–H and O–H groups in total. The number of aromatic nitrogens is 1. The quantitative estimate of drug-likeness (QED) is 0.382. The lowest BCUT2D eigenvalue weighted by Crippen LogP contribution is -2.52. The fourth-order valence-electron chi connectivity index (χ4n) is 8.21. The standard InChI is InChI=1S/C38H43BrN6O5/c1-41-20-27(19-29(22-41)43(3)31-14-15-42(2)38(50)34(31)39)23-4-6-25(7-5-23)36(48)44-16-12-24(13-17-44)26-8-9-30-28(18-26)21-45(37(30)49)32-10-11-33(46)40-35(32)47/h4-9,14-15,18,24,27,29,32H,10-13,16-17,19-22H2,1-3H3,(H,40,46,47). The van der Waals surface area contributed by atoms with E-state index in [4.69, 9.17) is 0 Å². The molecule has 4 aliphatic rings. The van der Waals surface area contributed by atoms with Crippen LogP contribution in [0.15, 0.2) is 64.0 Å². The van der Waals surface area contributed by atoms with Crippen LogP contribution in [0.4, 0.5) is 5.69 Å². The minimum absolute atomic E-state index is 0.0447. The molecule has 7 rings (SSSR count). The largest absolute Gasteiger partial charge is 0.369 e.